The van der Waals surface area contributed by atoms with E-state index in [4.69, 9.17) is 4.98 Å². The van der Waals surface area contributed by atoms with Crippen LogP contribution in [-0.2, 0) is 12.8 Å². The summed E-state index contributed by atoms with van der Waals surface area (Å²) in [5.74, 6) is 0.558. The van der Waals surface area contributed by atoms with Crippen LogP contribution in [0.2, 0.25) is 0 Å². The van der Waals surface area contributed by atoms with Crippen molar-refractivity contribution in [1.82, 2.24) is 9.97 Å². The fourth-order valence-electron chi connectivity index (χ4n) is 5.01. The highest BCUT2D eigenvalue weighted by atomic mass is 32.1. The molecule has 3 nitrogen and oxygen atoms in total. The monoisotopic (exact) mass is 448 g/mol. The molecule has 3 aromatic carbocycles. The van der Waals surface area contributed by atoms with Crippen LogP contribution >= 0.6 is 11.3 Å². The predicted octanol–water partition coefficient (Wildman–Crippen LogP) is 6.71. The minimum atomic E-state index is -0.126. The molecular formula is C29H24N2OS. The van der Waals surface area contributed by atoms with Crippen molar-refractivity contribution in [3.8, 4) is 11.1 Å². The van der Waals surface area contributed by atoms with Crippen LogP contribution in [0.15, 0.2) is 89.0 Å². The smallest absolute Gasteiger partial charge is 0.260 e. The molecule has 0 spiro atoms. The summed E-state index contributed by atoms with van der Waals surface area (Å²) in [5.41, 5.74) is 7.13. The van der Waals surface area contributed by atoms with Crippen LogP contribution in [0.4, 0.5) is 0 Å². The lowest BCUT2D eigenvalue weighted by Crippen LogP contribution is -2.16. The molecule has 2 aromatic heterocycles. The van der Waals surface area contributed by atoms with Crippen LogP contribution < -0.4 is 5.56 Å². The molecule has 4 heteroatoms. The lowest BCUT2D eigenvalue weighted by molar-refractivity contribution is 0.686. The van der Waals surface area contributed by atoms with Gasteiger partial charge in [-0.1, -0.05) is 78.9 Å². The Morgan fingerprint density at radius 2 is 1.48 bits per heavy atom. The molecule has 5 aromatic rings. The minimum absolute atomic E-state index is 0.0687. The zero-order chi connectivity index (χ0) is 22.2. The molecule has 0 unspecified atom stereocenters. The Balaban J connectivity index is 1.49. The maximum Gasteiger partial charge on any atom is 0.260 e. The SMILES string of the molecule is O=c1[nH]c(C(c2ccccc2)c2ccccc2)nc2scc(-c3ccc4c(c3)CCCC4)c12. The zero-order valence-electron chi connectivity index (χ0n) is 18.3. The number of aromatic nitrogens is 2. The molecule has 1 aliphatic rings. The standard InChI is InChI=1S/C29H24N2OS/c32-28-26-24(23-16-15-19-9-7-8-14-22(19)17-23)18-33-29(26)31-27(30-28)25(20-10-3-1-4-11-20)21-12-5-2-6-13-21/h1-6,10-13,15-18,25H,7-9,14H2,(H,30,31,32). The number of nitrogens with one attached hydrogen (secondary N) is 1. The van der Waals surface area contributed by atoms with Crippen molar-refractivity contribution < 1.29 is 0 Å². The third kappa shape index (κ3) is 3.70. The van der Waals surface area contributed by atoms with Crippen LogP contribution in [0.1, 0.15) is 46.8 Å². The van der Waals surface area contributed by atoms with Crippen molar-refractivity contribution in [3.63, 3.8) is 0 Å². The maximum atomic E-state index is 13.4. The molecular weight excluding hydrogens is 424 g/mol. The number of thiophene rings is 1. The second-order valence-electron chi connectivity index (χ2n) is 8.73. The third-order valence-electron chi connectivity index (χ3n) is 6.66. The Bertz CT molecular complexity index is 1450. The highest BCUT2D eigenvalue weighted by Crippen LogP contribution is 2.35. The summed E-state index contributed by atoms with van der Waals surface area (Å²) in [5, 5.41) is 2.78. The van der Waals surface area contributed by atoms with Gasteiger partial charge in [-0.3, -0.25) is 4.79 Å². The van der Waals surface area contributed by atoms with E-state index in [1.165, 1.54) is 24.0 Å². The maximum absolute atomic E-state index is 13.4. The van der Waals surface area contributed by atoms with Gasteiger partial charge in [0.05, 0.1) is 11.3 Å². The van der Waals surface area contributed by atoms with E-state index >= 15 is 0 Å². The van der Waals surface area contributed by atoms with Crippen molar-refractivity contribution in [2.45, 2.75) is 31.6 Å². The third-order valence-corrected chi connectivity index (χ3v) is 7.53. The van der Waals surface area contributed by atoms with Crippen LogP contribution in [0.25, 0.3) is 21.3 Å². The molecule has 1 aliphatic carbocycles. The van der Waals surface area contributed by atoms with Gasteiger partial charge in [-0.15, -0.1) is 11.3 Å². The van der Waals surface area contributed by atoms with Gasteiger partial charge in [-0.05, 0) is 53.5 Å². The first-order valence-corrected chi connectivity index (χ1v) is 12.4. The molecule has 0 saturated heterocycles. The summed E-state index contributed by atoms with van der Waals surface area (Å²) in [6, 6.07) is 27.2. The Morgan fingerprint density at radius 3 is 2.18 bits per heavy atom. The fraction of sp³-hybridized carbons (Fsp3) is 0.172. The molecule has 0 aliphatic heterocycles. The average Bonchev–Trinajstić information content (AvgIpc) is 3.30. The van der Waals surface area contributed by atoms with Gasteiger partial charge in [0.15, 0.2) is 0 Å². The Labute approximate surface area is 196 Å². The van der Waals surface area contributed by atoms with Gasteiger partial charge in [0, 0.05) is 10.9 Å². The Morgan fingerprint density at radius 1 is 0.818 bits per heavy atom. The summed E-state index contributed by atoms with van der Waals surface area (Å²) in [6.45, 7) is 0. The second-order valence-corrected chi connectivity index (χ2v) is 9.58. The van der Waals surface area contributed by atoms with Crippen molar-refractivity contribution in [3.05, 3.63) is 123 Å². The quantitative estimate of drug-likeness (QED) is 0.332. The van der Waals surface area contributed by atoms with E-state index in [1.54, 1.807) is 11.3 Å². The van der Waals surface area contributed by atoms with Crippen molar-refractivity contribution in [2.24, 2.45) is 0 Å². The molecule has 0 atom stereocenters. The van der Waals surface area contributed by atoms with Crippen molar-refractivity contribution >= 4 is 21.6 Å². The Hall–Kier alpha value is -3.50. The summed E-state index contributed by atoms with van der Waals surface area (Å²) >= 11 is 1.55. The van der Waals surface area contributed by atoms with Crippen LogP contribution in [0.5, 0.6) is 0 Å². The number of hydrogen-bond acceptors (Lipinski definition) is 3. The van der Waals surface area contributed by atoms with E-state index in [0.29, 0.717) is 11.2 Å². The normalized spacial score (nSPS) is 13.4. The van der Waals surface area contributed by atoms with E-state index in [9.17, 15) is 4.79 Å². The number of nitrogens with zero attached hydrogens (tertiary/aromatic N) is 1. The molecule has 0 radical (unpaired) electrons. The fourth-order valence-corrected chi connectivity index (χ4v) is 5.97. The second kappa shape index (κ2) is 8.45. The molecule has 33 heavy (non-hydrogen) atoms. The number of aromatic amines is 1. The molecule has 1 N–H and O–H groups in total. The summed E-state index contributed by atoms with van der Waals surface area (Å²) in [6.07, 6.45) is 4.79. The van der Waals surface area contributed by atoms with E-state index in [0.717, 1.165) is 39.9 Å². The van der Waals surface area contributed by atoms with Gasteiger partial charge < -0.3 is 4.98 Å². The van der Waals surface area contributed by atoms with E-state index in [-0.39, 0.29) is 11.5 Å². The van der Waals surface area contributed by atoms with Crippen LogP contribution in [0, 0.1) is 0 Å². The van der Waals surface area contributed by atoms with E-state index in [1.807, 2.05) is 36.4 Å². The zero-order valence-corrected chi connectivity index (χ0v) is 19.1. The molecule has 6 rings (SSSR count). The first-order valence-electron chi connectivity index (χ1n) is 11.5. The number of rotatable bonds is 4. The molecule has 2 heterocycles. The first-order chi connectivity index (χ1) is 16.3. The van der Waals surface area contributed by atoms with Gasteiger partial charge in [0.25, 0.3) is 5.56 Å². The highest BCUT2D eigenvalue weighted by molar-refractivity contribution is 7.17. The summed E-state index contributed by atoms with van der Waals surface area (Å²) in [7, 11) is 0. The first kappa shape index (κ1) is 20.1. The predicted molar refractivity (Wildman–Crippen MR) is 136 cm³/mol. The number of benzene rings is 3. The number of hydrogen-bond donors (Lipinski definition) is 1. The Kier molecular flexibility index (Phi) is 5.16. The molecule has 0 fully saturated rings. The lowest BCUT2D eigenvalue weighted by Gasteiger charge is -2.18. The lowest BCUT2D eigenvalue weighted by atomic mass is 9.89. The topological polar surface area (TPSA) is 45.8 Å². The number of aryl methyl sites for hydroxylation is 2. The van der Waals surface area contributed by atoms with Gasteiger partial charge in [0.2, 0.25) is 0 Å². The molecule has 0 amide bonds. The van der Waals surface area contributed by atoms with Crippen LogP contribution in [0.3, 0.4) is 0 Å². The molecule has 0 saturated carbocycles. The largest absolute Gasteiger partial charge is 0.309 e. The summed E-state index contributed by atoms with van der Waals surface area (Å²) < 4.78 is 0. The van der Waals surface area contributed by atoms with Gasteiger partial charge in [0.1, 0.15) is 10.7 Å². The van der Waals surface area contributed by atoms with Gasteiger partial charge in [-0.25, -0.2) is 4.98 Å². The van der Waals surface area contributed by atoms with Gasteiger partial charge in [-0.2, -0.15) is 0 Å². The van der Waals surface area contributed by atoms with Crippen molar-refractivity contribution in [1.29, 1.82) is 0 Å². The number of H-pyrrole nitrogens is 1. The van der Waals surface area contributed by atoms with E-state index in [2.05, 4.69) is 52.8 Å². The molecule has 0 bridgehead atoms. The minimum Gasteiger partial charge on any atom is -0.309 e. The average molecular weight is 449 g/mol. The van der Waals surface area contributed by atoms with Crippen LogP contribution in [-0.4, -0.2) is 9.97 Å². The number of fused-ring (bicyclic) bond motifs is 2. The van der Waals surface area contributed by atoms with E-state index < -0.39 is 0 Å². The van der Waals surface area contributed by atoms with Crippen molar-refractivity contribution in [2.75, 3.05) is 0 Å². The van der Waals surface area contributed by atoms with Gasteiger partial charge >= 0.3 is 0 Å². The summed E-state index contributed by atoms with van der Waals surface area (Å²) in [4.78, 5) is 22.3. The molecule has 162 valence electrons. The highest BCUT2D eigenvalue weighted by Gasteiger charge is 2.22.